The average Bonchev–Trinajstić information content (AvgIpc) is 2.65. The summed E-state index contributed by atoms with van der Waals surface area (Å²) in [7, 11) is 0. The molecule has 6 heteroatoms. The summed E-state index contributed by atoms with van der Waals surface area (Å²) in [6, 6.07) is 10.2. The molecule has 3 atom stereocenters. The van der Waals surface area contributed by atoms with Crippen LogP contribution in [0.5, 0.6) is 0 Å². The van der Waals surface area contributed by atoms with Crippen molar-refractivity contribution in [3.8, 4) is 0 Å². The summed E-state index contributed by atoms with van der Waals surface area (Å²) in [6.45, 7) is 2.87. The van der Waals surface area contributed by atoms with Crippen molar-refractivity contribution in [3.63, 3.8) is 0 Å². The number of amides is 1. The maximum Gasteiger partial charge on any atom is 0.304 e. The molecule has 5 nitrogen and oxygen atoms in total. The van der Waals surface area contributed by atoms with Crippen LogP contribution >= 0.6 is 11.8 Å². The van der Waals surface area contributed by atoms with Crippen LogP contribution in [0.15, 0.2) is 30.3 Å². The van der Waals surface area contributed by atoms with Crippen molar-refractivity contribution in [1.82, 2.24) is 4.90 Å². The Morgan fingerprint density at radius 3 is 2.75 bits per heavy atom. The number of likely N-dealkylation sites (tertiary alicyclic amines) is 1. The van der Waals surface area contributed by atoms with Gasteiger partial charge in [0.1, 0.15) is 0 Å². The zero-order chi connectivity index (χ0) is 20.4. The first-order valence-electron chi connectivity index (χ1n) is 10.3. The second kappa shape index (κ2) is 12.1. The maximum atomic E-state index is 12.5. The summed E-state index contributed by atoms with van der Waals surface area (Å²) in [6.07, 6.45) is 4.54. The van der Waals surface area contributed by atoms with Crippen molar-refractivity contribution in [2.75, 3.05) is 18.1 Å². The minimum atomic E-state index is -0.762. The normalized spacial score (nSPS) is 19.4. The molecule has 1 fully saturated rings. The standard InChI is InChI=1S/C22H33NO4S/c1-17(15-19(24)16-18-7-3-2-4-8-18)20-9-5-10-21(25)23(20)12-6-13-28-14-11-22(26)27/h2-4,7-8,17,19-20,24H,5-6,9-16H2,1H3,(H,26,27)/t17-,19?,20+/m0/s1. The lowest BCUT2D eigenvalue weighted by Crippen LogP contribution is -2.48. The van der Waals surface area contributed by atoms with Gasteiger partial charge in [0.2, 0.25) is 5.91 Å². The molecule has 1 heterocycles. The molecule has 0 radical (unpaired) electrons. The lowest BCUT2D eigenvalue weighted by atomic mass is 9.86. The predicted molar refractivity (Wildman–Crippen MR) is 113 cm³/mol. The molecule has 1 aromatic carbocycles. The smallest absolute Gasteiger partial charge is 0.304 e. The molecule has 0 aromatic heterocycles. The Morgan fingerprint density at radius 2 is 2.04 bits per heavy atom. The number of piperidine rings is 1. The van der Waals surface area contributed by atoms with Crippen LogP contribution < -0.4 is 0 Å². The van der Waals surface area contributed by atoms with Crippen LogP contribution in [0.4, 0.5) is 0 Å². The van der Waals surface area contributed by atoms with Gasteiger partial charge in [0.15, 0.2) is 0 Å². The van der Waals surface area contributed by atoms with Gasteiger partial charge in [-0.2, -0.15) is 11.8 Å². The number of nitrogens with zero attached hydrogens (tertiary/aromatic N) is 1. The van der Waals surface area contributed by atoms with Gasteiger partial charge in [-0.1, -0.05) is 37.3 Å². The zero-order valence-electron chi connectivity index (χ0n) is 16.8. The third-order valence-corrected chi connectivity index (χ3v) is 6.44. The summed E-state index contributed by atoms with van der Waals surface area (Å²) < 4.78 is 0. The second-order valence-electron chi connectivity index (χ2n) is 7.71. The number of carboxylic acid groups (broad SMARTS) is 1. The molecule has 0 saturated carbocycles. The number of carbonyl (C=O) groups excluding carboxylic acids is 1. The fourth-order valence-electron chi connectivity index (χ4n) is 3.98. The van der Waals surface area contributed by atoms with Crippen LogP contribution in [-0.2, 0) is 16.0 Å². The summed E-state index contributed by atoms with van der Waals surface area (Å²) in [5.41, 5.74) is 1.14. The SMILES string of the molecule is C[C@@H](CC(O)Cc1ccccc1)[C@H]1CCCC(=O)N1CCCSCCC(=O)O. The molecule has 0 aliphatic carbocycles. The Hall–Kier alpha value is -1.53. The van der Waals surface area contributed by atoms with E-state index in [0.717, 1.165) is 37.1 Å². The molecule has 28 heavy (non-hydrogen) atoms. The molecule has 1 aliphatic rings. The molecular weight excluding hydrogens is 374 g/mol. The summed E-state index contributed by atoms with van der Waals surface area (Å²) in [5.74, 6) is 1.20. The summed E-state index contributed by atoms with van der Waals surface area (Å²) in [5, 5.41) is 19.2. The van der Waals surface area contributed by atoms with E-state index in [1.165, 1.54) is 0 Å². The number of thioether (sulfide) groups is 1. The quantitative estimate of drug-likeness (QED) is 0.518. The largest absolute Gasteiger partial charge is 0.481 e. The van der Waals surface area contributed by atoms with Crippen LogP contribution in [0, 0.1) is 5.92 Å². The van der Waals surface area contributed by atoms with E-state index in [2.05, 4.69) is 6.92 Å². The van der Waals surface area contributed by atoms with Crippen molar-refractivity contribution in [2.24, 2.45) is 5.92 Å². The fraction of sp³-hybridized carbons (Fsp3) is 0.636. The van der Waals surface area contributed by atoms with E-state index < -0.39 is 12.1 Å². The number of hydrogen-bond acceptors (Lipinski definition) is 4. The van der Waals surface area contributed by atoms with Crippen LogP contribution in [0.1, 0.15) is 51.0 Å². The van der Waals surface area contributed by atoms with Gasteiger partial charge < -0.3 is 15.1 Å². The summed E-state index contributed by atoms with van der Waals surface area (Å²) >= 11 is 1.63. The zero-order valence-corrected chi connectivity index (χ0v) is 17.6. The number of hydrogen-bond donors (Lipinski definition) is 2. The third-order valence-electron chi connectivity index (χ3n) is 5.37. The number of aliphatic carboxylic acids is 1. The molecule has 0 spiro atoms. The van der Waals surface area contributed by atoms with E-state index >= 15 is 0 Å². The lowest BCUT2D eigenvalue weighted by Gasteiger charge is -2.40. The molecule has 1 aliphatic heterocycles. The molecule has 2 N–H and O–H groups in total. The Morgan fingerprint density at radius 1 is 1.29 bits per heavy atom. The minimum Gasteiger partial charge on any atom is -0.481 e. The van der Waals surface area contributed by atoms with Crippen molar-refractivity contribution in [1.29, 1.82) is 0 Å². The Bertz CT molecular complexity index is 610. The molecule has 1 saturated heterocycles. The van der Waals surface area contributed by atoms with Crippen molar-refractivity contribution in [2.45, 2.75) is 64.0 Å². The van der Waals surface area contributed by atoms with Gasteiger partial charge in [0.05, 0.1) is 12.5 Å². The average molecular weight is 408 g/mol. The summed E-state index contributed by atoms with van der Waals surface area (Å²) in [4.78, 5) is 25.0. The van der Waals surface area contributed by atoms with Crippen LogP contribution in [0.2, 0.25) is 0 Å². The van der Waals surface area contributed by atoms with E-state index in [0.29, 0.717) is 25.0 Å². The molecule has 1 aromatic rings. The van der Waals surface area contributed by atoms with E-state index in [-0.39, 0.29) is 24.3 Å². The first kappa shape index (κ1) is 22.8. The van der Waals surface area contributed by atoms with Gasteiger partial charge in [-0.3, -0.25) is 9.59 Å². The minimum absolute atomic E-state index is 0.187. The topological polar surface area (TPSA) is 77.8 Å². The number of aliphatic hydroxyl groups excluding tert-OH is 1. The molecule has 1 unspecified atom stereocenters. The second-order valence-corrected chi connectivity index (χ2v) is 8.94. The number of aliphatic hydroxyl groups is 1. The molecular formula is C22H33NO4S. The van der Waals surface area contributed by atoms with E-state index in [1.807, 2.05) is 35.2 Å². The van der Waals surface area contributed by atoms with Crippen molar-refractivity contribution < 1.29 is 19.8 Å². The molecule has 2 rings (SSSR count). The van der Waals surface area contributed by atoms with Gasteiger partial charge in [-0.05, 0) is 49.3 Å². The first-order valence-corrected chi connectivity index (χ1v) is 11.4. The number of carbonyl (C=O) groups is 2. The fourth-order valence-corrected chi connectivity index (χ4v) is 4.84. The van der Waals surface area contributed by atoms with Crippen molar-refractivity contribution in [3.05, 3.63) is 35.9 Å². The van der Waals surface area contributed by atoms with Crippen LogP contribution in [0.25, 0.3) is 0 Å². The maximum absolute atomic E-state index is 12.5. The van der Waals surface area contributed by atoms with Gasteiger partial charge in [-0.25, -0.2) is 0 Å². The van der Waals surface area contributed by atoms with E-state index in [1.54, 1.807) is 11.8 Å². The number of rotatable bonds is 12. The molecule has 1 amide bonds. The molecule has 0 bridgehead atoms. The van der Waals surface area contributed by atoms with Gasteiger partial charge in [-0.15, -0.1) is 0 Å². The molecule has 156 valence electrons. The van der Waals surface area contributed by atoms with Gasteiger partial charge in [0, 0.05) is 24.8 Å². The van der Waals surface area contributed by atoms with E-state index in [9.17, 15) is 14.7 Å². The highest BCUT2D eigenvalue weighted by Gasteiger charge is 2.32. The lowest BCUT2D eigenvalue weighted by molar-refractivity contribution is -0.138. The highest BCUT2D eigenvalue weighted by Crippen LogP contribution is 2.28. The highest BCUT2D eigenvalue weighted by molar-refractivity contribution is 7.99. The van der Waals surface area contributed by atoms with Gasteiger partial charge in [0.25, 0.3) is 0 Å². The Labute approximate surface area is 172 Å². The van der Waals surface area contributed by atoms with Crippen LogP contribution in [-0.4, -0.2) is 57.2 Å². The Balaban J connectivity index is 1.80. The number of carboxylic acids is 1. The Kier molecular flexibility index (Phi) is 9.85. The highest BCUT2D eigenvalue weighted by atomic mass is 32.2. The van der Waals surface area contributed by atoms with E-state index in [4.69, 9.17) is 5.11 Å². The van der Waals surface area contributed by atoms with Crippen molar-refractivity contribution >= 4 is 23.6 Å². The van der Waals surface area contributed by atoms with Crippen LogP contribution in [0.3, 0.4) is 0 Å². The predicted octanol–water partition coefficient (Wildman–Crippen LogP) is 3.60. The number of benzene rings is 1. The third kappa shape index (κ3) is 7.84. The van der Waals surface area contributed by atoms with Gasteiger partial charge >= 0.3 is 5.97 Å². The monoisotopic (exact) mass is 407 g/mol. The first-order chi connectivity index (χ1) is 13.5.